The summed E-state index contributed by atoms with van der Waals surface area (Å²) >= 11 is 0. The second-order valence-corrected chi connectivity index (χ2v) is 5.84. The predicted octanol–water partition coefficient (Wildman–Crippen LogP) is 3.67. The van der Waals surface area contributed by atoms with Crippen LogP contribution in [-0.4, -0.2) is 37.1 Å². The van der Waals surface area contributed by atoms with E-state index >= 15 is 0 Å². The quantitative estimate of drug-likeness (QED) is 0.665. The first-order valence-corrected chi connectivity index (χ1v) is 8.25. The minimum Gasteiger partial charge on any atom is -0.313 e. The fraction of sp³-hybridized carbons (Fsp3) is 1.00. The van der Waals surface area contributed by atoms with Crippen LogP contribution in [0.15, 0.2) is 0 Å². The summed E-state index contributed by atoms with van der Waals surface area (Å²) < 4.78 is 0. The van der Waals surface area contributed by atoms with Crippen LogP contribution < -0.4 is 5.32 Å². The van der Waals surface area contributed by atoms with Gasteiger partial charge in [-0.3, -0.25) is 0 Å². The zero-order valence-corrected chi connectivity index (χ0v) is 12.9. The molecular weight excluding hydrogens is 220 g/mol. The Morgan fingerprint density at radius 2 is 1.78 bits per heavy atom. The average Bonchev–Trinajstić information content (AvgIpc) is 2.61. The van der Waals surface area contributed by atoms with E-state index in [1.165, 1.54) is 71.1 Å². The third kappa shape index (κ3) is 6.19. The second kappa shape index (κ2) is 9.80. The maximum Gasteiger partial charge on any atom is 0.0107 e. The summed E-state index contributed by atoms with van der Waals surface area (Å²) in [5, 5.41) is 3.78. The second-order valence-electron chi connectivity index (χ2n) is 5.84. The molecule has 0 aromatic carbocycles. The molecule has 0 aromatic heterocycles. The minimum absolute atomic E-state index is 0.794. The highest BCUT2D eigenvalue weighted by atomic mass is 15.1. The minimum atomic E-state index is 0.794. The van der Waals surface area contributed by atoms with Gasteiger partial charge in [-0.05, 0) is 38.3 Å². The van der Waals surface area contributed by atoms with Gasteiger partial charge in [0.05, 0.1) is 0 Å². The van der Waals surface area contributed by atoms with Crippen molar-refractivity contribution < 1.29 is 0 Å². The molecule has 1 saturated carbocycles. The Morgan fingerprint density at radius 1 is 1.00 bits per heavy atom. The molecule has 1 N–H and O–H groups in total. The number of hydrogen-bond acceptors (Lipinski definition) is 2. The zero-order valence-electron chi connectivity index (χ0n) is 12.9. The van der Waals surface area contributed by atoms with Crippen molar-refractivity contribution in [2.45, 2.75) is 71.8 Å². The van der Waals surface area contributed by atoms with E-state index in [2.05, 4.69) is 31.0 Å². The average molecular weight is 254 g/mol. The summed E-state index contributed by atoms with van der Waals surface area (Å²) in [5.74, 6) is 1.02. The first kappa shape index (κ1) is 16.0. The van der Waals surface area contributed by atoms with Gasteiger partial charge in [-0.25, -0.2) is 0 Å². The summed E-state index contributed by atoms with van der Waals surface area (Å²) in [6.07, 6.45) is 9.99. The topological polar surface area (TPSA) is 15.3 Å². The monoisotopic (exact) mass is 254 g/mol. The number of nitrogens with zero attached hydrogens (tertiary/aromatic N) is 1. The number of rotatable bonds is 8. The Bertz CT molecular complexity index is 190. The van der Waals surface area contributed by atoms with Gasteiger partial charge in [0.1, 0.15) is 0 Å². The summed E-state index contributed by atoms with van der Waals surface area (Å²) in [7, 11) is 0. The predicted molar refractivity (Wildman–Crippen MR) is 81.1 cm³/mol. The smallest absolute Gasteiger partial charge is 0.0107 e. The van der Waals surface area contributed by atoms with Crippen LogP contribution in [0.3, 0.4) is 0 Å². The van der Waals surface area contributed by atoms with Gasteiger partial charge >= 0.3 is 0 Å². The zero-order chi connectivity index (χ0) is 13.2. The molecule has 2 unspecified atom stereocenters. The molecule has 18 heavy (non-hydrogen) atoms. The summed E-state index contributed by atoms with van der Waals surface area (Å²) in [4.78, 5) is 2.50. The van der Waals surface area contributed by atoms with E-state index in [1.807, 2.05) is 0 Å². The molecule has 1 aliphatic carbocycles. The molecule has 0 aliphatic heterocycles. The molecule has 108 valence electrons. The SMILES string of the molecule is CCCC1CCCC(NCCN(CC)CC)CC1. The fourth-order valence-electron chi connectivity index (χ4n) is 3.25. The summed E-state index contributed by atoms with van der Waals surface area (Å²) in [5.41, 5.74) is 0. The van der Waals surface area contributed by atoms with Crippen molar-refractivity contribution in [3.05, 3.63) is 0 Å². The molecule has 1 aliphatic rings. The fourth-order valence-corrected chi connectivity index (χ4v) is 3.25. The van der Waals surface area contributed by atoms with Gasteiger partial charge in [0, 0.05) is 19.1 Å². The molecule has 0 aromatic rings. The van der Waals surface area contributed by atoms with Crippen LogP contribution in [0.4, 0.5) is 0 Å². The van der Waals surface area contributed by atoms with Gasteiger partial charge in [0.25, 0.3) is 0 Å². The van der Waals surface area contributed by atoms with Crippen LogP contribution in [0.5, 0.6) is 0 Å². The number of hydrogen-bond donors (Lipinski definition) is 1. The van der Waals surface area contributed by atoms with Crippen molar-refractivity contribution in [1.29, 1.82) is 0 Å². The first-order chi connectivity index (χ1) is 8.80. The molecule has 0 bridgehead atoms. The standard InChI is InChI=1S/C16H34N2/c1-4-8-15-9-7-10-16(12-11-15)17-13-14-18(5-2)6-3/h15-17H,4-14H2,1-3H3. The van der Waals surface area contributed by atoms with Crippen molar-refractivity contribution >= 4 is 0 Å². The molecule has 1 fully saturated rings. The van der Waals surface area contributed by atoms with Gasteiger partial charge in [-0.15, -0.1) is 0 Å². The third-order valence-electron chi connectivity index (χ3n) is 4.54. The Morgan fingerprint density at radius 3 is 2.44 bits per heavy atom. The van der Waals surface area contributed by atoms with E-state index in [0.29, 0.717) is 0 Å². The molecule has 1 rings (SSSR count). The Balaban J connectivity index is 2.15. The number of nitrogens with one attached hydrogen (secondary N) is 1. The van der Waals surface area contributed by atoms with Crippen LogP contribution in [0.1, 0.15) is 65.7 Å². The lowest BCUT2D eigenvalue weighted by atomic mass is 9.95. The maximum atomic E-state index is 3.78. The Hall–Kier alpha value is -0.0800. The molecule has 2 nitrogen and oxygen atoms in total. The van der Waals surface area contributed by atoms with Crippen molar-refractivity contribution in [3.8, 4) is 0 Å². The third-order valence-corrected chi connectivity index (χ3v) is 4.54. The summed E-state index contributed by atoms with van der Waals surface area (Å²) in [6.45, 7) is 11.6. The molecule has 0 saturated heterocycles. The lowest BCUT2D eigenvalue weighted by Gasteiger charge is -2.21. The molecule has 2 atom stereocenters. The summed E-state index contributed by atoms with van der Waals surface area (Å²) in [6, 6.07) is 0.794. The van der Waals surface area contributed by atoms with E-state index in [1.54, 1.807) is 0 Å². The van der Waals surface area contributed by atoms with Crippen molar-refractivity contribution in [1.82, 2.24) is 10.2 Å². The van der Waals surface area contributed by atoms with E-state index in [4.69, 9.17) is 0 Å². The lowest BCUT2D eigenvalue weighted by Crippen LogP contribution is -2.37. The van der Waals surface area contributed by atoms with E-state index in [9.17, 15) is 0 Å². The molecular formula is C16H34N2. The van der Waals surface area contributed by atoms with Crippen LogP contribution in [-0.2, 0) is 0 Å². The van der Waals surface area contributed by atoms with Crippen LogP contribution in [0.25, 0.3) is 0 Å². The van der Waals surface area contributed by atoms with E-state index < -0.39 is 0 Å². The largest absolute Gasteiger partial charge is 0.313 e. The number of likely N-dealkylation sites (N-methyl/N-ethyl adjacent to an activating group) is 1. The molecule has 0 radical (unpaired) electrons. The Kier molecular flexibility index (Phi) is 8.70. The van der Waals surface area contributed by atoms with Crippen molar-refractivity contribution in [2.75, 3.05) is 26.2 Å². The van der Waals surface area contributed by atoms with Crippen LogP contribution >= 0.6 is 0 Å². The molecule has 0 spiro atoms. The van der Waals surface area contributed by atoms with E-state index in [0.717, 1.165) is 12.0 Å². The van der Waals surface area contributed by atoms with E-state index in [-0.39, 0.29) is 0 Å². The van der Waals surface area contributed by atoms with Gasteiger partial charge in [0.2, 0.25) is 0 Å². The molecule has 0 heterocycles. The Labute approximate surface area is 115 Å². The highest BCUT2D eigenvalue weighted by molar-refractivity contribution is 4.75. The van der Waals surface area contributed by atoms with Gasteiger partial charge in [0.15, 0.2) is 0 Å². The van der Waals surface area contributed by atoms with Crippen molar-refractivity contribution in [2.24, 2.45) is 5.92 Å². The van der Waals surface area contributed by atoms with Crippen LogP contribution in [0, 0.1) is 5.92 Å². The van der Waals surface area contributed by atoms with Gasteiger partial charge in [-0.2, -0.15) is 0 Å². The first-order valence-electron chi connectivity index (χ1n) is 8.25. The van der Waals surface area contributed by atoms with Crippen LogP contribution in [0.2, 0.25) is 0 Å². The maximum absolute atomic E-state index is 3.78. The normalized spacial score (nSPS) is 25.3. The highest BCUT2D eigenvalue weighted by Gasteiger charge is 2.17. The van der Waals surface area contributed by atoms with Gasteiger partial charge in [-0.1, -0.05) is 46.5 Å². The molecule has 2 heteroatoms. The molecule has 0 amide bonds. The highest BCUT2D eigenvalue weighted by Crippen LogP contribution is 2.26. The lowest BCUT2D eigenvalue weighted by molar-refractivity contribution is 0.292. The van der Waals surface area contributed by atoms with Gasteiger partial charge < -0.3 is 10.2 Å². The van der Waals surface area contributed by atoms with Crippen molar-refractivity contribution in [3.63, 3.8) is 0 Å².